The van der Waals surface area contributed by atoms with Gasteiger partial charge < -0.3 is 0 Å². The Morgan fingerprint density at radius 2 is 1.57 bits per heavy atom. The zero-order chi connectivity index (χ0) is 15.8. The van der Waals surface area contributed by atoms with Crippen molar-refractivity contribution in [1.29, 1.82) is 0 Å². The van der Waals surface area contributed by atoms with Gasteiger partial charge >= 0.3 is 0 Å². The molecular weight excluding hydrogens is 278 g/mol. The van der Waals surface area contributed by atoms with Gasteiger partial charge in [0, 0.05) is 12.1 Å². The lowest BCUT2D eigenvalue weighted by Crippen LogP contribution is -2.31. The summed E-state index contributed by atoms with van der Waals surface area (Å²) in [6.07, 6.45) is 6.64. The van der Waals surface area contributed by atoms with Gasteiger partial charge in [-0.2, -0.15) is 0 Å². The molecule has 1 aliphatic carbocycles. The predicted molar refractivity (Wildman–Crippen MR) is 100 cm³/mol. The van der Waals surface area contributed by atoms with E-state index in [4.69, 9.17) is 4.99 Å². The molecule has 4 aromatic rings. The van der Waals surface area contributed by atoms with Crippen LogP contribution in [0.3, 0.4) is 0 Å². The summed E-state index contributed by atoms with van der Waals surface area (Å²) in [5, 5.41) is 5.32. The minimum absolute atomic E-state index is 0.615. The Kier molecular flexibility index (Phi) is 3.49. The van der Waals surface area contributed by atoms with Crippen molar-refractivity contribution in [2.75, 3.05) is 0 Å². The average Bonchev–Trinajstić information content (AvgIpc) is 2.62. The molecule has 23 heavy (non-hydrogen) atoms. The highest BCUT2D eigenvalue weighted by Crippen LogP contribution is 2.22. The van der Waals surface area contributed by atoms with E-state index < -0.39 is 0 Å². The fourth-order valence-electron chi connectivity index (χ4n) is 3.32. The monoisotopic (exact) mass is 299 g/mol. The molecule has 0 N–H and O–H groups in total. The van der Waals surface area contributed by atoms with E-state index in [2.05, 4.69) is 74.5 Å². The molecular formula is C22H21N. The highest BCUT2D eigenvalue weighted by molar-refractivity contribution is 6.15. The summed E-state index contributed by atoms with van der Waals surface area (Å²) >= 11 is 0. The minimum Gasteiger partial charge on any atom is -0.253 e. The van der Waals surface area contributed by atoms with Crippen molar-refractivity contribution in [2.24, 2.45) is 4.99 Å². The Morgan fingerprint density at radius 1 is 0.913 bits per heavy atom. The van der Waals surface area contributed by atoms with Gasteiger partial charge in [0.1, 0.15) is 0 Å². The van der Waals surface area contributed by atoms with E-state index in [0.29, 0.717) is 5.92 Å². The molecule has 2 bridgehead atoms. The van der Waals surface area contributed by atoms with Crippen molar-refractivity contribution in [3.05, 3.63) is 64.5 Å². The number of aliphatic imine (C=N–C) groups is 1. The van der Waals surface area contributed by atoms with Crippen molar-refractivity contribution in [3.8, 4) is 0 Å². The molecule has 0 radical (unpaired) electrons. The molecule has 1 unspecified atom stereocenters. The molecule has 0 amide bonds. The molecule has 1 heteroatoms. The van der Waals surface area contributed by atoms with Gasteiger partial charge in [-0.1, -0.05) is 56.3 Å². The van der Waals surface area contributed by atoms with Crippen LogP contribution in [-0.2, 0) is 0 Å². The Hall–Kier alpha value is -2.41. The number of nitrogens with zero attached hydrogens (tertiary/aromatic N) is 1. The van der Waals surface area contributed by atoms with Gasteiger partial charge in [0.25, 0.3) is 0 Å². The van der Waals surface area contributed by atoms with E-state index in [-0.39, 0.29) is 0 Å². The molecule has 0 aliphatic heterocycles. The van der Waals surface area contributed by atoms with Gasteiger partial charge in [0.15, 0.2) is 0 Å². The first kappa shape index (κ1) is 14.2. The number of benzene rings is 4. The van der Waals surface area contributed by atoms with Gasteiger partial charge in [0.2, 0.25) is 0 Å². The van der Waals surface area contributed by atoms with Crippen molar-refractivity contribution >= 4 is 34.3 Å². The van der Waals surface area contributed by atoms with Crippen LogP contribution in [0.1, 0.15) is 38.2 Å². The van der Waals surface area contributed by atoms with Crippen LogP contribution in [0, 0.1) is 0 Å². The van der Waals surface area contributed by atoms with Gasteiger partial charge in [-0.15, -0.1) is 0 Å². The SMILES string of the molecule is CCC(C)c1ccc(N=C2C=c3c(c4ccc3cc4)=CC2)cc1. The second-order valence-corrected chi connectivity index (χ2v) is 6.46. The predicted octanol–water partition coefficient (Wildman–Crippen LogP) is 4.53. The lowest BCUT2D eigenvalue weighted by molar-refractivity contribution is 0.734. The van der Waals surface area contributed by atoms with Gasteiger partial charge in [-0.05, 0) is 57.3 Å². The summed E-state index contributed by atoms with van der Waals surface area (Å²) in [5.74, 6) is 0.615. The van der Waals surface area contributed by atoms with E-state index in [1.165, 1.54) is 33.2 Å². The van der Waals surface area contributed by atoms with E-state index >= 15 is 0 Å². The maximum Gasteiger partial charge on any atom is 0.0633 e. The lowest BCUT2D eigenvalue weighted by atomic mass is 9.97. The van der Waals surface area contributed by atoms with Gasteiger partial charge in [-0.3, -0.25) is 4.99 Å². The standard InChI is InChI=1S/C22H21N/c1-3-15(2)16-8-10-19(11-9-16)23-20-12-13-21-17-4-6-18(7-5-17)22(21)14-20/h4-11,13-15H,3,12H2,1-2H3. The first-order valence-electron chi connectivity index (χ1n) is 8.45. The molecule has 5 rings (SSSR count). The van der Waals surface area contributed by atoms with Crippen LogP contribution in [0.5, 0.6) is 0 Å². The molecule has 1 atom stereocenters. The Labute approximate surface area is 137 Å². The normalized spacial score (nSPS) is 16.9. The highest BCUT2D eigenvalue weighted by atomic mass is 14.7. The Morgan fingerprint density at radius 3 is 2.22 bits per heavy atom. The quantitative estimate of drug-likeness (QED) is 0.674. The molecule has 0 saturated heterocycles. The smallest absolute Gasteiger partial charge is 0.0633 e. The summed E-state index contributed by atoms with van der Waals surface area (Å²) in [5.41, 5.74) is 3.58. The third kappa shape index (κ3) is 2.57. The number of hydrogen-bond acceptors (Lipinski definition) is 1. The van der Waals surface area contributed by atoms with Crippen molar-refractivity contribution < 1.29 is 0 Å². The topological polar surface area (TPSA) is 12.4 Å². The minimum atomic E-state index is 0.615. The van der Waals surface area contributed by atoms with Crippen LogP contribution in [0.25, 0.3) is 22.9 Å². The van der Waals surface area contributed by atoms with E-state index in [9.17, 15) is 0 Å². The first-order valence-corrected chi connectivity index (χ1v) is 8.45. The molecule has 114 valence electrons. The fourth-order valence-corrected chi connectivity index (χ4v) is 3.32. The largest absolute Gasteiger partial charge is 0.253 e. The summed E-state index contributed by atoms with van der Waals surface area (Å²) in [6.45, 7) is 4.50. The van der Waals surface area contributed by atoms with Crippen molar-refractivity contribution in [2.45, 2.75) is 32.6 Å². The second kappa shape index (κ2) is 5.66. The summed E-state index contributed by atoms with van der Waals surface area (Å²) in [7, 11) is 0. The van der Waals surface area contributed by atoms with Crippen LogP contribution in [0.2, 0.25) is 0 Å². The highest BCUT2D eigenvalue weighted by Gasteiger charge is 2.06. The van der Waals surface area contributed by atoms with E-state index in [0.717, 1.165) is 17.8 Å². The number of hydrogen-bond donors (Lipinski definition) is 0. The maximum atomic E-state index is 4.84. The molecule has 1 nitrogen and oxygen atoms in total. The Balaban J connectivity index is 1.70. The first-order chi connectivity index (χ1) is 11.2. The second-order valence-electron chi connectivity index (χ2n) is 6.46. The van der Waals surface area contributed by atoms with Crippen LogP contribution in [-0.4, -0.2) is 5.71 Å². The molecule has 0 spiro atoms. The fraction of sp³-hybridized carbons (Fsp3) is 0.227. The van der Waals surface area contributed by atoms with Crippen LogP contribution in [0.4, 0.5) is 5.69 Å². The van der Waals surface area contributed by atoms with Crippen molar-refractivity contribution in [1.82, 2.24) is 0 Å². The molecule has 0 heterocycles. The molecule has 1 aliphatic rings. The van der Waals surface area contributed by atoms with Crippen molar-refractivity contribution in [3.63, 3.8) is 0 Å². The molecule has 4 aromatic carbocycles. The Bertz CT molecular complexity index is 957. The third-order valence-electron chi connectivity index (χ3n) is 4.97. The number of rotatable bonds is 3. The number of fused-ring (bicyclic) bond motifs is 2. The van der Waals surface area contributed by atoms with Crippen LogP contribution >= 0.6 is 0 Å². The van der Waals surface area contributed by atoms with E-state index in [1.54, 1.807) is 0 Å². The average molecular weight is 299 g/mol. The van der Waals surface area contributed by atoms with Crippen LogP contribution in [0.15, 0.2) is 53.5 Å². The summed E-state index contributed by atoms with van der Waals surface area (Å²) in [6, 6.07) is 17.5. The van der Waals surface area contributed by atoms with Gasteiger partial charge in [0.05, 0.1) is 5.69 Å². The molecule has 0 fully saturated rings. The van der Waals surface area contributed by atoms with Crippen LogP contribution < -0.4 is 10.4 Å². The molecule has 0 aromatic heterocycles. The lowest BCUT2D eigenvalue weighted by Gasteiger charge is -2.10. The maximum absolute atomic E-state index is 4.84. The zero-order valence-electron chi connectivity index (χ0n) is 13.7. The third-order valence-corrected chi connectivity index (χ3v) is 4.97. The summed E-state index contributed by atoms with van der Waals surface area (Å²) in [4.78, 5) is 4.84. The van der Waals surface area contributed by atoms with Gasteiger partial charge in [-0.25, -0.2) is 0 Å². The molecule has 0 saturated carbocycles. The zero-order valence-corrected chi connectivity index (χ0v) is 13.7. The summed E-state index contributed by atoms with van der Waals surface area (Å²) < 4.78 is 0. The van der Waals surface area contributed by atoms with E-state index in [1.807, 2.05) is 0 Å².